The first kappa shape index (κ1) is 31.5. The zero-order chi connectivity index (χ0) is 30.4. The van der Waals surface area contributed by atoms with Crippen LogP contribution in [0.1, 0.15) is 73.6 Å². The van der Waals surface area contributed by atoms with Gasteiger partial charge in [0.2, 0.25) is 0 Å². The lowest BCUT2D eigenvalue weighted by molar-refractivity contribution is -0.340. The molecule has 3 fully saturated rings. The molecule has 5 aliphatic rings. The number of carbonyl (C=O) groups excluding carboxylic acids is 1. The Balaban J connectivity index is 1.55. The summed E-state index contributed by atoms with van der Waals surface area (Å²) in [4.78, 5) is 14.0. The van der Waals surface area contributed by atoms with Gasteiger partial charge in [0.1, 0.15) is 29.4 Å². The topological polar surface area (TPSA) is 107 Å². The van der Waals surface area contributed by atoms with Crippen molar-refractivity contribution >= 4 is 23.3 Å². The molecule has 4 aliphatic heterocycles. The van der Waals surface area contributed by atoms with Gasteiger partial charge in [-0.3, -0.25) is 4.79 Å². The van der Waals surface area contributed by atoms with Crippen molar-refractivity contribution in [2.75, 3.05) is 6.61 Å². The lowest BCUT2D eigenvalue weighted by Gasteiger charge is -2.50. The fraction of sp³-hybridized carbons (Fsp3) is 0.697. The molecule has 9 heteroatoms. The number of nitrogens with zero attached hydrogens (tertiary/aromatic N) is 1. The molecule has 5 rings (SSSR count). The molecule has 3 saturated heterocycles. The predicted molar refractivity (Wildman–Crippen MR) is 160 cm³/mol. The molecule has 42 heavy (non-hydrogen) atoms. The van der Waals surface area contributed by atoms with Gasteiger partial charge < -0.3 is 29.3 Å². The Morgan fingerprint density at radius 1 is 1.17 bits per heavy atom. The molecular weight excluding hydrogens is 558 g/mol. The highest BCUT2D eigenvalue weighted by Crippen LogP contribution is 2.47. The lowest BCUT2D eigenvalue weighted by atomic mass is 9.71. The minimum absolute atomic E-state index is 0.00517. The molecule has 10 unspecified atom stereocenters. The smallest absolute Gasteiger partial charge is 0.316 e. The van der Waals surface area contributed by atoms with E-state index in [9.17, 15) is 15.1 Å². The number of hydrogen-bond donors (Lipinski definition) is 2. The molecule has 0 saturated carbocycles. The molecule has 0 radical (unpaired) electrons. The van der Waals surface area contributed by atoms with E-state index < -0.39 is 35.5 Å². The highest BCUT2D eigenvalue weighted by atomic mass is 35.5. The zero-order valence-corrected chi connectivity index (χ0v) is 26.3. The summed E-state index contributed by atoms with van der Waals surface area (Å²) in [6.07, 6.45) is 10.9. The van der Waals surface area contributed by atoms with Crippen LogP contribution in [0.15, 0.2) is 52.3 Å². The molecular formula is C33H46ClNO7. The molecule has 0 aromatic rings. The normalized spacial score (nSPS) is 47.2. The van der Waals surface area contributed by atoms with Gasteiger partial charge in [-0.15, -0.1) is 11.6 Å². The van der Waals surface area contributed by atoms with E-state index in [2.05, 4.69) is 32.0 Å². The van der Waals surface area contributed by atoms with Crippen LogP contribution in [-0.4, -0.2) is 69.8 Å². The monoisotopic (exact) mass is 603 g/mol. The second-order valence-corrected chi connectivity index (χ2v) is 13.8. The Kier molecular flexibility index (Phi) is 9.13. The van der Waals surface area contributed by atoms with Gasteiger partial charge in [0, 0.05) is 19.3 Å². The molecule has 1 aliphatic carbocycles. The van der Waals surface area contributed by atoms with Crippen LogP contribution in [0, 0.1) is 23.7 Å². The van der Waals surface area contributed by atoms with Gasteiger partial charge in [0.15, 0.2) is 5.79 Å². The Morgan fingerprint density at radius 3 is 2.64 bits per heavy atom. The standard InChI is InChI=1S/C33H46ClNO7/c1-18(2)29-21(5)12-13-32(42-29)16-25-15-24(41-32)11-10-20(4)27(34)19(3)8-7-9-23-17-39-30-28(35-38)22(6)14-26(31(36)40-25)33(23,30)37/h7-10,14,18-19,21,24-27,29-30,37-38H,11-13,15-17H2,1-6H3/b8-7+,20-10+,23-9+,35-28+. The predicted octanol–water partition coefficient (Wildman–Crippen LogP) is 5.86. The summed E-state index contributed by atoms with van der Waals surface area (Å²) in [6, 6.07) is 0. The summed E-state index contributed by atoms with van der Waals surface area (Å²) in [5.41, 5.74) is 0.557. The van der Waals surface area contributed by atoms with Crippen LogP contribution in [0.3, 0.4) is 0 Å². The van der Waals surface area contributed by atoms with Crippen molar-refractivity contribution in [3.05, 3.63) is 47.1 Å². The first-order valence-electron chi connectivity index (χ1n) is 15.4. The minimum atomic E-state index is -1.76. The van der Waals surface area contributed by atoms with Crippen LogP contribution < -0.4 is 0 Å². The Hall–Kier alpha value is -1.97. The van der Waals surface area contributed by atoms with Crippen molar-refractivity contribution < 1.29 is 34.1 Å². The summed E-state index contributed by atoms with van der Waals surface area (Å²) in [5, 5.41) is 25.2. The fourth-order valence-electron chi connectivity index (χ4n) is 7.41. The Labute approximate surface area is 254 Å². The molecule has 0 aromatic heterocycles. The maximum atomic E-state index is 14.0. The van der Waals surface area contributed by atoms with Gasteiger partial charge in [-0.1, -0.05) is 68.8 Å². The summed E-state index contributed by atoms with van der Waals surface area (Å²) in [6.45, 7) is 12.4. The van der Waals surface area contributed by atoms with E-state index in [1.54, 1.807) is 19.1 Å². The van der Waals surface area contributed by atoms with Crippen molar-refractivity contribution in [1.29, 1.82) is 0 Å². The van der Waals surface area contributed by atoms with Crippen LogP contribution in [0.2, 0.25) is 0 Å². The fourth-order valence-corrected chi connectivity index (χ4v) is 7.59. The second kappa shape index (κ2) is 12.2. The van der Waals surface area contributed by atoms with Crippen LogP contribution in [0.5, 0.6) is 0 Å². The number of halogens is 1. The molecule has 0 aromatic carbocycles. The zero-order valence-electron chi connectivity index (χ0n) is 25.6. The number of aliphatic hydroxyl groups is 1. The molecule has 0 amide bonds. The largest absolute Gasteiger partial charge is 0.462 e. The number of oxime groups is 1. The van der Waals surface area contributed by atoms with Crippen molar-refractivity contribution in [1.82, 2.24) is 0 Å². The number of esters is 1. The number of rotatable bonds is 1. The number of ether oxygens (including phenoxy) is 4. The SMILES string of the molecule is CC1=CC2C(=O)OC3CC(C/C=C(\C)C(Cl)C(C)/C=C/C=C4\COC(/C1=N/O)C42O)OC1(CCC(C)C(C(C)C)O1)C3. The first-order chi connectivity index (χ1) is 19.9. The highest BCUT2D eigenvalue weighted by molar-refractivity contribution is 6.22. The Bertz CT molecular complexity index is 1210. The average molecular weight is 604 g/mol. The van der Waals surface area contributed by atoms with Crippen LogP contribution >= 0.6 is 11.6 Å². The highest BCUT2D eigenvalue weighted by Gasteiger charge is 2.59. The molecule has 2 bridgehead atoms. The van der Waals surface area contributed by atoms with Gasteiger partial charge in [0.25, 0.3) is 0 Å². The van der Waals surface area contributed by atoms with Crippen molar-refractivity contribution in [3.8, 4) is 0 Å². The van der Waals surface area contributed by atoms with Gasteiger partial charge in [0.05, 0.1) is 24.2 Å². The summed E-state index contributed by atoms with van der Waals surface area (Å²) in [7, 11) is 0. The van der Waals surface area contributed by atoms with Gasteiger partial charge in [-0.2, -0.15) is 0 Å². The molecule has 8 nitrogen and oxygen atoms in total. The van der Waals surface area contributed by atoms with E-state index in [0.29, 0.717) is 42.2 Å². The number of fused-ring (bicyclic) bond motifs is 2. The third kappa shape index (κ3) is 5.77. The van der Waals surface area contributed by atoms with Gasteiger partial charge >= 0.3 is 5.97 Å². The lowest BCUT2D eigenvalue weighted by Crippen LogP contribution is -2.57. The third-order valence-electron chi connectivity index (χ3n) is 9.81. The van der Waals surface area contributed by atoms with Crippen LogP contribution in [0.4, 0.5) is 0 Å². The quantitative estimate of drug-likeness (QED) is 0.127. The van der Waals surface area contributed by atoms with Crippen molar-refractivity contribution in [3.63, 3.8) is 0 Å². The van der Waals surface area contributed by atoms with Crippen LogP contribution in [0.25, 0.3) is 0 Å². The first-order valence-corrected chi connectivity index (χ1v) is 15.8. The van der Waals surface area contributed by atoms with Crippen molar-refractivity contribution in [2.45, 2.75) is 115 Å². The average Bonchev–Trinajstić information content (AvgIpc) is 3.28. The van der Waals surface area contributed by atoms with E-state index in [4.69, 9.17) is 30.5 Å². The van der Waals surface area contributed by atoms with E-state index in [1.807, 2.05) is 26.0 Å². The molecule has 232 valence electrons. The number of allylic oxidation sites excluding steroid dienone is 4. The van der Waals surface area contributed by atoms with E-state index in [-0.39, 0.29) is 35.8 Å². The molecule has 4 heterocycles. The van der Waals surface area contributed by atoms with Crippen molar-refractivity contribution in [2.24, 2.45) is 28.8 Å². The van der Waals surface area contributed by atoms with Gasteiger partial charge in [-0.05, 0) is 55.6 Å². The van der Waals surface area contributed by atoms with Crippen LogP contribution in [-0.2, 0) is 23.7 Å². The Morgan fingerprint density at radius 2 is 1.93 bits per heavy atom. The molecule has 2 N–H and O–H groups in total. The van der Waals surface area contributed by atoms with E-state index >= 15 is 0 Å². The minimum Gasteiger partial charge on any atom is -0.462 e. The second-order valence-electron chi connectivity index (χ2n) is 13.3. The third-order valence-corrected chi connectivity index (χ3v) is 10.6. The molecule has 1 spiro atoms. The maximum Gasteiger partial charge on any atom is 0.316 e. The number of carbonyl (C=O) groups is 1. The van der Waals surface area contributed by atoms with E-state index in [1.165, 1.54) is 0 Å². The maximum absolute atomic E-state index is 14.0. The summed E-state index contributed by atoms with van der Waals surface area (Å²) < 4.78 is 25.7. The summed E-state index contributed by atoms with van der Waals surface area (Å²) in [5.74, 6) is -1.72. The summed E-state index contributed by atoms with van der Waals surface area (Å²) >= 11 is 6.88. The van der Waals surface area contributed by atoms with E-state index in [0.717, 1.165) is 18.4 Å². The van der Waals surface area contributed by atoms with Gasteiger partial charge in [-0.25, -0.2) is 0 Å². The number of hydrogen-bond acceptors (Lipinski definition) is 8. The molecule has 10 atom stereocenters. The number of alkyl halides is 1.